The van der Waals surface area contributed by atoms with Gasteiger partial charge >= 0.3 is 12.0 Å². The predicted octanol–water partition coefficient (Wildman–Crippen LogP) is 0.775. The highest BCUT2D eigenvalue weighted by atomic mass is 16.5. The number of carbonyl (C=O) groups is 2. The third-order valence-electron chi connectivity index (χ3n) is 3.79. The van der Waals surface area contributed by atoms with E-state index in [0.717, 1.165) is 12.5 Å². The number of carboxylic acid groups (broad SMARTS) is 1. The first-order valence-electron chi connectivity index (χ1n) is 6.91. The summed E-state index contributed by atoms with van der Waals surface area (Å²) in [5.41, 5.74) is 0. The SMILES string of the molecule is C[C@@H]1CN(C(=O)NCCOCC2CC2)C[C@H]1C(=O)O. The minimum atomic E-state index is -0.824. The van der Waals surface area contributed by atoms with Gasteiger partial charge in [0.25, 0.3) is 0 Å². The van der Waals surface area contributed by atoms with E-state index in [2.05, 4.69) is 5.32 Å². The highest BCUT2D eigenvalue weighted by Crippen LogP contribution is 2.28. The van der Waals surface area contributed by atoms with Crippen LogP contribution >= 0.6 is 0 Å². The number of rotatable bonds is 6. The second kappa shape index (κ2) is 6.23. The van der Waals surface area contributed by atoms with Crippen LogP contribution in [0.15, 0.2) is 0 Å². The molecule has 0 radical (unpaired) electrons. The second-order valence-corrected chi connectivity index (χ2v) is 5.58. The van der Waals surface area contributed by atoms with Crippen molar-refractivity contribution in [2.45, 2.75) is 19.8 Å². The van der Waals surface area contributed by atoms with Crippen molar-refractivity contribution >= 4 is 12.0 Å². The summed E-state index contributed by atoms with van der Waals surface area (Å²) in [6.45, 7) is 4.46. The van der Waals surface area contributed by atoms with Crippen LogP contribution in [0.25, 0.3) is 0 Å². The molecule has 2 aliphatic rings. The Kier molecular flexibility index (Phi) is 4.63. The molecule has 0 spiro atoms. The fourth-order valence-corrected chi connectivity index (χ4v) is 2.33. The van der Waals surface area contributed by atoms with Gasteiger partial charge < -0.3 is 20.1 Å². The molecular formula is C13H22N2O4. The van der Waals surface area contributed by atoms with Crippen molar-refractivity contribution in [2.75, 3.05) is 32.8 Å². The molecule has 1 saturated carbocycles. The normalized spacial score (nSPS) is 26.5. The first kappa shape index (κ1) is 14.1. The number of nitrogens with one attached hydrogen (secondary N) is 1. The van der Waals surface area contributed by atoms with E-state index in [4.69, 9.17) is 9.84 Å². The highest BCUT2D eigenvalue weighted by Gasteiger charge is 2.36. The van der Waals surface area contributed by atoms with Crippen LogP contribution in [-0.4, -0.2) is 54.9 Å². The molecule has 2 fully saturated rings. The molecule has 6 heteroatoms. The van der Waals surface area contributed by atoms with Crippen molar-refractivity contribution in [3.63, 3.8) is 0 Å². The maximum atomic E-state index is 11.8. The molecule has 0 aromatic rings. The molecule has 2 amide bonds. The smallest absolute Gasteiger partial charge is 0.317 e. The van der Waals surface area contributed by atoms with Gasteiger partial charge in [0.2, 0.25) is 0 Å². The van der Waals surface area contributed by atoms with E-state index in [1.165, 1.54) is 12.8 Å². The summed E-state index contributed by atoms with van der Waals surface area (Å²) in [5, 5.41) is 11.8. The predicted molar refractivity (Wildman–Crippen MR) is 68.8 cm³/mol. The zero-order valence-corrected chi connectivity index (χ0v) is 11.3. The van der Waals surface area contributed by atoms with Crippen molar-refractivity contribution in [3.05, 3.63) is 0 Å². The van der Waals surface area contributed by atoms with Crippen LogP contribution < -0.4 is 5.32 Å². The van der Waals surface area contributed by atoms with Crippen molar-refractivity contribution in [2.24, 2.45) is 17.8 Å². The fourth-order valence-electron chi connectivity index (χ4n) is 2.33. The Morgan fingerprint density at radius 3 is 2.68 bits per heavy atom. The Bertz CT molecular complexity index is 344. The topological polar surface area (TPSA) is 78.9 Å². The molecule has 1 aliphatic heterocycles. The van der Waals surface area contributed by atoms with Gasteiger partial charge in [0.05, 0.1) is 12.5 Å². The minimum Gasteiger partial charge on any atom is -0.481 e. The van der Waals surface area contributed by atoms with E-state index in [1.54, 1.807) is 4.90 Å². The average molecular weight is 270 g/mol. The maximum Gasteiger partial charge on any atom is 0.317 e. The minimum absolute atomic E-state index is 0.00867. The molecule has 0 unspecified atom stereocenters. The molecule has 108 valence electrons. The van der Waals surface area contributed by atoms with E-state index in [1.807, 2.05) is 6.92 Å². The summed E-state index contributed by atoms with van der Waals surface area (Å²) in [7, 11) is 0. The number of carboxylic acids is 1. The molecule has 2 atom stereocenters. The molecule has 2 rings (SSSR count). The molecule has 6 nitrogen and oxygen atoms in total. The summed E-state index contributed by atoms with van der Waals surface area (Å²) in [6, 6.07) is -0.189. The van der Waals surface area contributed by atoms with Gasteiger partial charge in [-0.05, 0) is 24.7 Å². The molecule has 1 heterocycles. The molecule has 0 bridgehead atoms. The van der Waals surface area contributed by atoms with Crippen LogP contribution in [0.2, 0.25) is 0 Å². The molecule has 1 saturated heterocycles. The van der Waals surface area contributed by atoms with E-state index in [0.29, 0.717) is 26.2 Å². The molecule has 19 heavy (non-hydrogen) atoms. The first-order chi connectivity index (χ1) is 9.08. The Morgan fingerprint density at radius 1 is 1.37 bits per heavy atom. The summed E-state index contributed by atoms with van der Waals surface area (Å²) in [6.07, 6.45) is 2.52. The maximum absolute atomic E-state index is 11.8. The summed E-state index contributed by atoms with van der Waals surface area (Å²) in [4.78, 5) is 24.4. The lowest BCUT2D eigenvalue weighted by atomic mass is 9.99. The zero-order chi connectivity index (χ0) is 13.8. The van der Waals surface area contributed by atoms with Gasteiger partial charge in [-0.2, -0.15) is 0 Å². The summed E-state index contributed by atoms with van der Waals surface area (Å²) in [5.74, 6) is -0.534. The fraction of sp³-hybridized carbons (Fsp3) is 0.846. The number of carbonyl (C=O) groups excluding carboxylic acids is 1. The van der Waals surface area contributed by atoms with E-state index >= 15 is 0 Å². The Morgan fingerprint density at radius 2 is 2.11 bits per heavy atom. The van der Waals surface area contributed by atoms with Crippen LogP contribution in [0.3, 0.4) is 0 Å². The molecule has 0 aromatic heterocycles. The van der Waals surface area contributed by atoms with Gasteiger partial charge in [-0.1, -0.05) is 6.92 Å². The molecule has 0 aromatic carbocycles. The standard InChI is InChI=1S/C13H22N2O4/c1-9-6-15(7-11(9)12(16)17)13(18)14-4-5-19-8-10-2-3-10/h9-11H,2-8H2,1H3,(H,14,18)(H,16,17)/t9-,11-/m1/s1. The number of urea groups is 1. The van der Waals surface area contributed by atoms with Crippen LogP contribution in [-0.2, 0) is 9.53 Å². The van der Waals surface area contributed by atoms with Gasteiger partial charge in [-0.25, -0.2) is 4.79 Å². The van der Waals surface area contributed by atoms with Crippen molar-refractivity contribution < 1.29 is 19.4 Å². The van der Waals surface area contributed by atoms with Gasteiger partial charge in [0.15, 0.2) is 0 Å². The van der Waals surface area contributed by atoms with Crippen LogP contribution in [0.4, 0.5) is 4.79 Å². The Hall–Kier alpha value is -1.30. The summed E-state index contributed by atoms with van der Waals surface area (Å²) < 4.78 is 5.42. The van der Waals surface area contributed by atoms with E-state index < -0.39 is 11.9 Å². The number of hydrogen-bond donors (Lipinski definition) is 2. The van der Waals surface area contributed by atoms with Gasteiger partial charge in [-0.3, -0.25) is 4.79 Å². The number of nitrogens with zero attached hydrogens (tertiary/aromatic N) is 1. The summed E-state index contributed by atoms with van der Waals surface area (Å²) >= 11 is 0. The lowest BCUT2D eigenvalue weighted by molar-refractivity contribution is -0.142. The average Bonchev–Trinajstić information content (AvgIpc) is 3.09. The van der Waals surface area contributed by atoms with E-state index in [-0.39, 0.29) is 11.9 Å². The van der Waals surface area contributed by atoms with Crippen LogP contribution in [0.5, 0.6) is 0 Å². The first-order valence-corrected chi connectivity index (χ1v) is 6.91. The van der Waals surface area contributed by atoms with Crippen LogP contribution in [0.1, 0.15) is 19.8 Å². The van der Waals surface area contributed by atoms with Crippen molar-refractivity contribution in [3.8, 4) is 0 Å². The van der Waals surface area contributed by atoms with Gasteiger partial charge in [0.1, 0.15) is 0 Å². The number of ether oxygens (including phenoxy) is 1. The van der Waals surface area contributed by atoms with Gasteiger partial charge in [-0.15, -0.1) is 0 Å². The largest absolute Gasteiger partial charge is 0.481 e. The molecule has 2 N–H and O–H groups in total. The van der Waals surface area contributed by atoms with E-state index in [9.17, 15) is 9.59 Å². The van der Waals surface area contributed by atoms with Gasteiger partial charge in [0, 0.05) is 26.2 Å². The number of amides is 2. The Balaban J connectivity index is 1.61. The molecular weight excluding hydrogens is 248 g/mol. The highest BCUT2D eigenvalue weighted by molar-refractivity contribution is 5.77. The van der Waals surface area contributed by atoms with Crippen molar-refractivity contribution in [1.29, 1.82) is 0 Å². The third-order valence-corrected chi connectivity index (χ3v) is 3.79. The lowest BCUT2D eigenvalue weighted by Gasteiger charge is -2.16. The number of hydrogen-bond acceptors (Lipinski definition) is 3. The molecule has 1 aliphatic carbocycles. The second-order valence-electron chi connectivity index (χ2n) is 5.58. The van der Waals surface area contributed by atoms with Crippen molar-refractivity contribution in [1.82, 2.24) is 10.2 Å². The quantitative estimate of drug-likeness (QED) is 0.699. The number of aliphatic carboxylic acids is 1. The third kappa shape index (κ3) is 4.09. The Labute approximate surface area is 113 Å². The zero-order valence-electron chi connectivity index (χ0n) is 11.3. The lowest BCUT2D eigenvalue weighted by Crippen LogP contribution is -2.40. The monoisotopic (exact) mass is 270 g/mol. The number of likely N-dealkylation sites (tertiary alicyclic amines) is 1. The van der Waals surface area contributed by atoms with Crippen LogP contribution in [0, 0.1) is 17.8 Å².